The Labute approximate surface area is 113 Å². The Kier molecular flexibility index (Phi) is 2.99. The largest absolute Gasteiger partial charge is 0.288 e. The van der Waals surface area contributed by atoms with Crippen molar-refractivity contribution in [2.24, 2.45) is 0 Å². The number of ketones is 1. The summed E-state index contributed by atoms with van der Waals surface area (Å²) < 4.78 is 27.4. The predicted octanol–water partition coefficient (Wildman–Crippen LogP) is 3.74. The normalized spacial score (nSPS) is 10.7. The van der Waals surface area contributed by atoms with Crippen LogP contribution in [0.3, 0.4) is 0 Å². The van der Waals surface area contributed by atoms with Crippen molar-refractivity contribution in [3.8, 4) is 0 Å². The van der Waals surface area contributed by atoms with E-state index in [1.807, 2.05) is 6.07 Å². The Balaban J connectivity index is 2.24. The van der Waals surface area contributed by atoms with E-state index in [0.29, 0.717) is 5.39 Å². The topological polar surface area (TPSA) is 30.0 Å². The Morgan fingerprint density at radius 1 is 0.950 bits per heavy atom. The molecule has 98 valence electrons. The van der Waals surface area contributed by atoms with Crippen LogP contribution in [0.25, 0.3) is 10.8 Å². The highest BCUT2D eigenvalue weighted by atomic mass is 19.1. The van der Waals surface area contributed by atoms with Gasteiger partial charge in [0.2, 0.25) is 0 Å². The van der Waals surface area contributed by atoms with E-state index in [1.165, 1.54) is 18.3 Å². The number of benzene rings is 2. The van der Waals surface area contributed by atoms with Crippen molar-refractivity contribution in [3.05, 3.63) is 77.6 Å². The Morgan fingerprint density at radius 3 is 2.40 bits per heavy atom. The fraction of sp³-hybridized carbons (Fsp3) is 0. The van der Waals surface area contributed by atoms with Crippen LogP contribution in [0.1, 0.15) is 15.9 Å². The van der Waals surface area contributed by atoms with Crippen molar-refractivity contribution in [1.82, 2.24) is 4.98 Å². The van der Waals surface area contributed by atoms with Crippen molar-refractivity contribution in [2.45, 2.75) is 0 Å². The average molecular weight is 269 g/mol. The summed E-state index contributed by atoms with van der Waals surface area (Å²) in [5.74, 6) is -2.41. The third kappa shape index (κ3) is 1.95. The van der Waals surface area contributed by atoms with Gasteiger partial charge in [-0.3, -0.25) is 9.78 Å². The van der Waals surface area contributed by atoms with Gasteiger partial charge in [-0.1, -0.05) is 24.3 Å². The number of aromatic nitrogens is 1. The Bertz CT molecular complexity index is 789. The molecular formula is C16H9F2NO. The molecule has 0 bridgehead atoms. The van der Waals surface area contributed by atoms with Gasteiger partial charge >= 0.3 is 0 Å². The Hall–Kier alpha value is -2.62. The van der Waals surface area contributed by atoms with Crippen LogP contribution >= 0.6 is 0 Å². The van der Waals surface area contributed by atoms with Gasteiger partial charge in [0.25, 0.3) is 0 Å². The van der Waals surface area contributed by atoms with Crippen molar-refractivity contribution >= 4 is 16.6 Å². The first kappa shape index (κ1) is 12.4. The van der Waals surface area contributed by atoms with Crippen molar-refractivity contribution in [3.63, 3.8) is 0 Å². The summed E-state index contributed by atoms with van der Waals surface area (Å²) in [6, 6.07) is 10.1. The highest BCUT2D eigenvalue weighted by Gasteiger charge is 2.20. The molecule has 0 atom stereocenters. The lowest BCUT2D eigenvalue weighted by Crippen LogP contribution is -2.08. The van der Waals surface area contributed by atoms with Crippen molar-refractivity contribution in [1.29, 1.82) is 0 Å². The number of fused-ring (bicyclic) bond motifs is 1. The molecule has 20 heavy (non-hydrogen) atoms. The van der Waals surface area contributed by atoms with E-state index in [4.69, 9.17) is 0 Å². The summed E-state index contributed by atoms with van der Waals surface area (Å²) in [5, 5.41) is 1.37. The van der Waals surface area contributed by atoms with Crippen LogP contribution in [-0.4, -0.2) is 10.8 Å². The lowest BCUT2D eigenvalue weighted by Gasteiger charge is -2.07. The molecule has 0 spiro atoms. The molecule has 4 heteroatoms. The number of pyridine rings is 1. The first-order chi connectivity index (χ1) is 9.68. The van der Waals surface area contributed by atoms with Crippen LogP contribution in [-0.2, 0) is 0 Å². The molecule has 3 rings (SSSR count). The monoisotopic (exact) mass is 269 g/mol. The highest BCUT2D eigenvalue weighted by molar-refractivity contribution is 6.16. The molecule has 0 aliphatic rings. The van der Waals surface area contributed by atoms with Gasteiger partial charge in [0, 0.05) is 23.3 Å². The van der Waals surface area contributed by atoms with Crippen LogP contribution in [0.15, 0.2) is 54.9 Å². The zero-order valence-corrected chi connectivity index (χ0v) is 10.3. The molecule has 0 radical (unpaired) electrons. The van der Waals surface area contributed by atoms with Crippen molar-refractivity contribution < 1.29 is 13.6 Å². The molecule has 2 aromatic carbocycles. The quantitative estimate of drug-likeness (QED) is 0.663. The number of carbonyl (C=O) groups is 1. The first-order valence-electron chi connectivity index (χ1n) is 6.00. The molecule has 0 saturated heterocycles. The van der Waals surface area contributed by atoms with Crippen LogP contribution in [0.5, 0.6) is 0 Å². The molecule has 3 aromatic rings. The SMILES string of the molecule is O=C(c1c(F)cccc1F)c1cccc2ccncc12. The van der Waals surface area contributed by atoms with E-state index >= 15 is 0 Å². The van der Waals surface area contributed by atoms with Gasteiger partial charge in [0.15, 0.2) is 5.78 Å². The molecule has 0 saturated carbocycles. The van der Waals surface area contributed by atoms with Crippen LogP contribution < -0.4 is 0 Å². The number of nitrogens with zero attached hydrogens (tertiary/aromatic N) is 1. The van der Waals surface area contributed by atoms with E-state index in [1.54, 1.807) is 18.3 Å². The maximum absolute atomic E-state index is 13.7. The minimum Gasteiger partial charge on any atom is -0.288 e. The minimum absolute atomic E-state index is 0.236. The second-order valence-electron chi connectivity index (χ2n) is 4.33. The van der Waals surface area contributed by atoms with Gasteiger partial charge < -0.3 is 0 Å². The molecule has 0 amide bonds. The minimum atomic E-state index is -0.865. The second-order valence-corrected chi connectivity index (χ2v) is 4.33. The summed E-state index contributed by atoms with van der Waals surface area (Å²) in [6.45, 7) is 0. The molecule has 0 unspecified atom stereocenters. The summed E-state index contributed by atoms with van der Waals surface area (Å²) in [5.41, 5.74) is -0.302. The fourth-order valence-corrected chi connectivity index (χ4v) is 2.16. The molecular weight excluding hydrogens is 260 g/mol. The van der Waals surface area contributed by atoms with Gasteiger partial charge in [0.1, 0.15) is 11.6 Å². The maximum atomic E-state index is 13.7. The molecule has 1 aromatic heterocycles. The Morgan fingerprint density at radius 2 is 1.65 bits per heavy atom. The van der Waals surface area contributed by atoms with Crippen LogP contribution in [0, 0.1) is 11.6 Å². The number of rotatable bonds is 2. The smallest absolute Gasteiger partial charge is 0.199 e. The number of carbonyl (C=O) groups excluding carboxylic acids is 1. The summed E-state index contributed by atoms with van der Waals surface area (Å²) in [7, 11) is 0. The zero-order valence-electron chi connectivity index (χ0n) is 10.3. The zero-order chi connectivity index (χ0) is 14.1. The van der Waals surface area contributed by atoms with Gasteiger partial charge in [-0.05, 0) is 23.6 Å². The summed E-state index contributed by atoms with van der Waals surface area (Å²) >= 11 is 0. The maximum Gasteiger partial charge on any atom is 0.199 e. The molecule has 0 fully saturated rings. The van der Waals surface area contributed by atoms with Crippen LogP contribution in [0.2, 0.25) is 0 Å². The van der Waals surface area contributed by atoms with Gasteiger partial charge in [-0.15, -0.1) is 0 Å². The first-order valence-corrected chi connectivity index (χ1v) is 6.00. The molecule has 2 nitrogen and oxygen atoms in total. The third-order valence-electron chi connectivity index (χ3n) is 3.12. The van der Waals surface area contributed by atoms with Crippen molar-refractivity contribution in [2.75, 3.05) is 0 Å². The van der Waals surface area contributed by atoms with E-state index in [-0.39, 0.29) is 5.56 Å². The summed E-state index contributed by atoms with van der Waals surface area (Å²) in [6.07, 6.45) is 3.11. The van der Waals surface area contributed by atoms with Crippen LogP contribution in [0.4, 0.5) is 8.78 Å². The van der Waals surface area contributed by atoms with E-state index in [0.717, 1.165) is 17.5 Å². The summed E-state index contributed by atoms with van der Waals surface area (Å²) in [4.78, 5) is 16.3. The number of hydrogen-bond donors (Lipinski definition) is 0. The molecule has 0 aliphatic heterocycles. The van der Waals surface area contributed by atoms with Gasteiger partial charge in [-0.2, -0.15) is 0 Å². The van der Waals surface area contributed by atoms with Gasteiger partial charge in [0.05, 0.1) is 5.56 Å². The molecule has 1 heterocycles. The highest BCUT2D eigenvalue weighted by Crippen LogP contribution is 2.23. The molecule has 0 N–H and O–H groups in total. The van der Waals surface area contributed by atoms with E-state index in [9.17, 15) is 13.6 Å². The second kappa shape index (κ2) is 4.81. The lowest BCUT2D eigenvalue weighted by atomic mass is 9.98. The number of hydrogen-bond acceptors (Lipinski definition) is 2. The standard InChI is InChI=1S/C16H9F2NO/c17-13-5-2-6-14(18)15(13)16(20)11-4-1-3-10-7-8-19-9-12(10)11/h1-9H. The van der Waals surface area contributed by atoms with Gasteiger partial charge in [-0.25, -0.2) is 8.78 Å². The predicted molar refractivity (Wildman–Crippen MR) is 71.5 cm³/mol. The molecule has 0 aliphatic carbocycles. The average Bonchev–Trinajstić information content (AvgIpc) is 2.46. The lowest BCUT2D eigenvalue weighted by molar-refractivity contribution is 0.103. The fourth-order valence-electron chi connectivity index (χ4n) is 2.16. The van der Waals surface area contributed by atoms with E-state index < -0.39 is 23.0 Å². The number of halogens is 2. The van der Waals surface area contributed by atoms with E-state index in [2.05, 4.69) is 4.98 Å². The third-order valence-corrected chi connectivity index (χ3v) is 3.12.